The van der Waals surface area contributed by atoms with Crippen LogP contribution < -0.4 is 16.4 Å². The van der Waals surface area contributed by atoms with Gasteiger partial charge < -0.3 is 15.2 Å². The lowest BCUT2D eigenvalue weighted by molar-refractivity contribution is 0.0547. The summed E-state index contributed by atoms with van der Waals surface area (Å²) < 4.78 is 10.9. The summed E-state index contributed by atoms with van der Waals surface area (Å²) in [4.78, 5) is 29.2. The molecule has 8 heteroatoms. The molecule has 1 unspecified atom stereocenters. The average Bonchev–Trinajstić information content (AvgIpc) is 2.74. The number of carbonyl (C=O) groups is 2. The van der Waals surface area contributed by atoms with Gasteiger partial charge in [-0.25, -0.2) is 9.59 Å². The minimum atomic E-state index is -0.649. The molecule has 0 heterocycles. The molecule has 0 saturated heterocycles. The number of allylic oxidation sites excluding steroid dienone is 5. The highest BCUT2D eigenvalue weighted by Gasteiger charge is 2.19. The Hall–Kier alpha value is -3.81. The third kappa shape index (κ3) is 9.82. The van der Waals surface area contributed by atoms with Crippen molar-refractivity contribution in [3.8, 4) is 0 Å². The summed E-state index contributed by atoms with van der Waals surface area (Å²) in [5, 5.41) is 5.43. The van der Waals surface area contributed by atoms with Crippen molar-refractivity contribution in [3.63, 3.8) is 0 Å². The van der Waals surface area contributed by atoms with Gasteiger partial charge in [0.15, 0.2) is 0 Å². The summed E-state index contributed by atoms with van der Waals surface area (Å²) in [6.07, 6.45) is 1.75. The van der Waals surface area contributed by atoms with Crippen molar-refractivity contribution in [1.29, 1.82) is 0 Å². The molecule has 0 aromatic heterocycles. The lowest BCUT2D eigenvalue weighted by atomic mass is 10.0. The molecule has 0 aliphatic heterocycles. The molecular formula is C28H40N4O4. The van der Waals surface area contributed by atoms with Crippen LogP contribution in [0.4, 0.5) is 9.59 Å². The largest absolute Gasteiger partial charge is 0.444 e. The van der Waals surface area contributed by atoms with Crippen molar-refractivity contribution < 1.29 is 19.1 Å². The van der Waals surface area contributed by atoms with E-state index in [0.717, 1.165) is 11.1 Å². The Kier molecular flexibility index (Phi) is 11.2. The molecule has 0 aliphatic carbocycles. The summed E-state index contributed by atoms with van der Waals surface area (Å²) in [6, 6.07) is 7.71. The van der Waals surface area contributed by atoms with Crippen LogP contribution in [0.1, 0.15) is 65.7 Å². The van der Waals surface area contributed by atoms with Crippen LogP contribution >= 0.6 is 0 Å². The molecule has 36 heavy (non-hydrogen) atoms. The normalized spacial score (nSPS) is 14.4. The number of hydrogen-bond acceptors (Lipinski definition) is 6. The number of benzene rings is 1. The molecule has 0 radical (unpaired) electrons. The van der Waals surface area contributed by atoms with Crippen LogP contribution in [0.25, 0.3) is 0 Å². The molecule has 0 saturated carbocycles. The Labute approximate surface area is 215 Å². The van der Waals surface area contributed by atoms with Crippen LogP contribution in [0.3, 0.4) is 0 Å². The Morgan fingerprint density at radius 3 is 2.19 bits per heavy atom. The molecule has 0 bridgehead atoms. The highest BCUT2D eigenvalue weighted by atomic mass is 16.6. The molecule has 1 aromatic carbocycles. The molecule has 8 nitrogen and oxygen atoms in total. The zero-order chi connectivity index (χ0) is 27.6. The van der Waals surface area contributed by atoms with Gasteiger partial charge in [-0.2, -0.15) is 0 Å². The van der Waals surface area contributed by atoms with E-state index in [4.69, 9.17) is 15.2 Å². The minimum absolute atomic E-state index is 0.332. The molecule has 0 aliphatic rings. The number of nitrogens with two attached hydrogens (primary N) is 1. The van der Waals surface area contributed by atoms with E-state index in [1.54, 1.807) is 53.8 Å². The van der Waals surface area contributed by atoms with Gasteiger partial charge in [0, 0.05) is 18.4 Å². The van der Waals surface area contributed by atoms with Gasteiger partial charge in [-0.05, 0) is 83.7 Å². The van der Waals surface area contributed by atoms with Crippen molar-refractivity contribution in [2.45, 2.75) is 67.1 Å². The summed E-state index contributed by atoms with van der Waals surface area (Å²) in [7, 11) is 1.60. The maximum absolute atomic E-state index is 12.7. The summed E-state index contributed by atoms with van der Waals surface area (Å²) >= 11 is 0. The van der Waals surface area contributed by atoms with E-state index in [1.807, 2.05) is 45.0 Å². The molecule has 4 N–H and O–H groups in total. The van der Waals surface area contributed by atoms with Crippen LogP contribution in [0.5, 0.6) is 0 Å². The van der Waals surface area contributed by atoms with E-state index in [-0.39, 0.29) is 0 Å². The third-order valence-corrected chi connectivity index (χ3v) is 4.96. The van der Waals surface area contributed by atoms with Crippen LogP contribution in [-0.2, 0) is 9.47 Å². The Balaban J connectivity index is 3.10. The van der Waals surface area contributed by atoms with Crippen molar-refractivity contribution in [1.82, 2.24) is 10.6 Å². The standard InChI is InChI=1S/C28H40N4O4/c1-17(2)23(31-27(34)36-28(7,8)9)16-15-19(4)24(30-10)25(20(5)29)32-26(33)35-21(6)22-14-12-11-13-18(22)3/h11-16,21H,1,29H2,2-10H3,(H,31,34)(H,32,33)/b19-15+,23-16+,25-20+,30-24?. The Morgan fingerprint density at radius 2 is 1.69 bits per heavy atom. The number of amides is 2. The van der Waals surface area contributed by atoms with E-state index in [9.17, 15) is 9.59 Å². The van der Waals surface area contributed by atoms with Gasteiger partial charge in [-0.15, -0.1) is 0 Å². The van der Waals surface area contributed by atoms with Crippen LogP contribution in [-0.4, -0.2) is 30.5 Å². The number of aliphatic imine (C=N–C) groups is 1. The monoisotopic (exact) mass is 496 g/mol. The highest BCUT2D eigenvalue weighted by molar-refractivity contribution is 6.13. The molecule has 0 fully saturated rings. The maximum Gasteiger partial charge on any atom is 0.412 e. The van der Waals surface area contributed by atoms with Gasteiger partial charge in [0.2, 0.25) is 0 Å². The molecule has 1 atom stereocenters. The third-order valence-electron chi connectivity index (χ3n) is 4.96. The second-order valence-electron chi connectivity index (χ2n) is 9.50. The number of ether oxygens (including phenoxy) is 2. The van der Waals surface area contributed by atoms with Gasteiger partial charge in [0.05, 0.1) is 11.4 Å². The van der Waals surface area contributed by atoms with Crippen LogP contribution in [0.2, 0.25) is 0 Å². The number of hydrogen-bond donors (Lipinski definition) is 3. The summed E-state index contributed by atoms with van der Waals surface area (Å²) in [6.45, 7) is 18.3. The lowest BCUT2D eigenvalue weighted by Crippen LogP contribution is -2.32. The second kappa shape index (κ2) is 13.3. The molecule has 0 spiro atoms. The van der Waals surface area contributed by atoms with E-state index in [0.29, 0.717) is 33.9 Å². The molecule has 196 valence electrons. The number of rotatable bonds is 8. The van der Waals surface area contributed by atoms with Gasteiger partial charge in [0.1, 0.15) is 11.7 Å². The predicted molar refractivity (Wildman–Crippen MR) is 145 cm³/mol. The zero-order valence-electron chi connectivity index (χ0n) is 22.9. The van der Waals surface area contributed by atoms with Crippen molar-refractivity contribution in [2.75, 3.05) is 7.05 Å². The van der Waals surface area contributed by atoms with E-state index >= 15 is 0 Å². The SMILES string of the molecule is C=C(C)/C(=C\C=C(/C)C(=NC)/C(NC(=O)OC(C)c1ccccc1C)=C(/C)N)NC(=O)OC(C)(C)C. The van der Waals surface area contributed by atoms with Crippen molar-refractivity contribution >= 4 is 17.9 Å². The number of nitrogens with one attached hydrogen (secondary N) is 2. The van der Waals surface area contributed by atoms with Crippen LogP contribution in [0.15, 0.2) is 76.2 Å². The fourth-order valence-electron chi connectivity index (χ4n) is 3.22. The minimum Gasteiger partial charge on any atom is -0.444 e. The molecule has 1 aromatic rings. The molecule has 2 amide bonds. The highest BCUT2D eigenvalue weighted by Crippen LogP contribution is 2.21. The number of aryl methyl sites for hydroxylation is 1. The van der Waals surface area contributed by atoms with Gasteiger partial charge in [-0.1, -0.05) is 36.9 Å². The summed E-state index contributed by atoms with van der Waals surface area (Å²) in [5.41, 5.74) is 10.4. The average molecular weight is 497 g/mol. The van der Waals surface area contributed by atoms with Crippen molar-refractivity contribution in [3.05, 3.63) is 82.4 Å². The van der Waals surface area contributed by atoms with Gasteiger partial charge >= 0.3 is 12.2 Å². The van der Waals surface area contributed by atoms with Crippen molar-refractivity contribution in [2.24, 2.45) is 10.7 Å². The predicted octanol–water partition coefficient (Wildman–Crippen LogP) is 5.97. The first kappa shape index (κ1) is 30.2. The Bertz CT molecular complexity index is 1100. The van der Waals surface area contributed by atoms with E-state index < -0.39 is 23.9 Å². The molecular weight excluding hydrogens is 456 g/mol. The molecule has 1 rings (SSSR count). The lowest BCUT2D eigenvalue weighted by Gasteiger charge is -2.20. The quantitative estimate of drug-likeness (QED) is 0.303. The first-order valence-electron chi connectivity index (χ1n) is 11.7. The number of nitrogens with zero attached hydrogens (tertiary/aromatic N) is 1. The smallest absolute Gasteiger partial charge is 0.412 e. The number of carbonyl (C=O) groups excluding carboxylic acids is 2. The second-order valence-corrected chi connectivity index (χ2v) is 9.50. The zero-order valence-corrected chi connectivity index (χ0v) is 22.9. The van der Waals surface area contributed by atoms with E-state index in [1.165, 1.54) is 0 Å². The van der Waals surface area contributed by atoms with Crippen LogP contribution in [0, 0.1) is 6.92 Å². The fourth-order valence-corrected chi connectivity index (χ4v) is 3.22. The first-order chi connectivity index (χ1) is 16.7. The first-order valence-corrected chi connectivity index (χ1v) is 11.7. The van der Waals surface area contributed by atoms with Gasteiger partial charge in [-0.3, -0.25) is 15.6 Å². The maximum atomic E-state index is 12.7. The van der Waals surface area contributed by atoms with E-state index in [2.05, 4.69) is 22.2 Å². The van der Waals surface area contributed by atoms with Gasteiger partial charge in [0.25, 0.3) is 0 Å². The summed E-state index contributed by atoms with van der Waals surface area (Å²) in [5.74, 6) is 0. The topological polar surface area (TPSA) is 115 Å². The fraction of sp³-hybridized carbons (Fsp3) is 0.393. The Morgan fingerprint density at radius 1 is 1.08 bits per heavy atom. The number of alkyl carbamates (subject to hydrolysis) is 2.